The quantitative estimate of drug-likeness (QED) is 0.183. The van der Waals surface area contributed by atoms with E-state index in [4.69, 9.17) is 9.47 Å². The van der Waals surface area contributed by atoms with Crippen molar-refractivity contribution in [3.63, 3.8) is 0 Å². The molecule has 2 unspecified atom stereocenters. The highest BCUT2D eigenvalue weighted by Crippen LogP contribution is 2.31. The van der Waals surface area contributed by atoms with E-state index in [9.17, 15) is 0 Å². The summed E-state index contributed by atoms with van der Waals surface area (Å²) in [5.41, 5.74) is 1.48. The first-order valence-corrected chi connectivity index (χ1v) is 12.2. The first-order chi connectivity index (χ1) is 13.5. The van der Waals surface area contributed by atoms with Gasteiger partial charge >= 0.3 is 0 Å². The summed E-state index contributed by atoms with van der Waals surface area (Å²) in [4.78, 5) is 0. The maximum atomic E-state index is 6.57. The molecule has 1 fully saturated rings. The summed E-state index contributed by atoms with van der Waals surface area (Å²) < 4.78 is 13.0. The Morgan fingerprint density at radius 1 is 1.03 bits per heavy atom. The van der Waals surface area contributed by atoms with Crippen molar-refractivity contribution < 1.29 is 9.47 Å². The fraction of sp³-hybridized carbons (Fsp3) is 0.852. The van der Waals surface area contributed by atoms with E-state index in [1.807, 2.05) is 0 Å². The minimum absolute atomic E-state index is 0.160. The fourth-order valence-corrected chi connectivity index (χ4v) is 3.84. The van der Waals surface area contributed by atoms with Crippen LogP contribution in [-0.4, -0.2) is 12.4 Å². The average molecular weight is 407 g/mol. The van der Waals surface area contributed by atoms with Gasteiger partial charge in [-0.15, -0.1) is 0 Å². The van der Waals surface area contributed by atoms with Crippen LogP contribution in [0.25, 0.3) is 0 Å². The third-order valence-corrected chi connectivity index (χ3v) is 6.06. The van der Waals surface area contributed by atoms with E-state index < -0.39 is 0 Å². The predicted octanol–water partition coefficient (Wildman–Crippen LogP) is 8.67. The van der Waals surface area contributed by atoms with Gasteiger partial charge in [0.25, 0.3) is 0 Å². The lowest BCUT2D eigenvalue weighted by molar-refractivity contribution is -0.159. The third kappa shape index (κ3) is 11.3. The molecule has 29 heavy (non-hydrogen) atoms. The normalized spacial score (nSPS) is 19.3. The Labute approximate surface area is 182 Å². The molecule has 2 atom stereocenters. The van der Waals surface area contributed by atoms with Crippen LogP contribution in [0.15, 0.2) is 23.5 Å². The van der Waals surface area contributed by atoms with Crippen LogP contribution in [0.4, 0.5) is 0 Å². The number of rotatable bonds is 12. The largest absolute Gasteiger partial charge is 0.465 e. The van der Waals surface area contributed by atoms with Crippen molar-refractivity contribution in [1.29, 1.82) is 0 Å². The summed E-state index contributed by atoms with van der Waals surface area (Å²) in [6.07, 6.45) is 14.2. The second kappa shape index (κ2) is 12.8. The number of hydrogen-bond acceptors (Lipinski definition) is 2. The van der Waals surface area contributed by atoms with Gasteiger partial charge in [-0.1, -0.05) is 80.7 Å². The zero-order valence-corrected chi connectivity index (χ0v) is 21.0. The van der Waals surface area contributed by atoms with Crippen LogP contribution in [-0.2, 0) is 9.47 Å². The molecule has 0 bridgehead atoms. The Balaban J connectivity index is 2.94. The van der Waals surface area contributed by atoms with Crippen molar-refractivity contribution in [3.05, 3.63) is 23.5 Å². The van der Waals surface area contributed by atoms with Crippen LogP contribution in [0.3, 0.4) is 0 Å². The van der Waals surface area contributed by atoms with Crippen molar-refractivity contribution >= 4 is 0 Å². The van der Waals surface area contributed by atoms with Gasteiger partial charge in [0, 0.05) is 6.42 Å². The standard InChI is InChI=1S/C27H50O2/c1-10-22(6)25(18-17-23(21(4)5)16-15-20(2)3)29-26(19-27(7,8)9)28-24-13-11-12-14-24/h17-18,20-21,23-24,26H,10-16,19H2,1-9H3. The van der Waals surface area contributed by atoms with Crippen LogP contribution in [0.2, 0.25) is 0 Å². The molecule has 0 spiro atoms. The monoisotopic (exact) mass is 406 g/mol. The second-order valence-electron chi connectivity index (χ2n) is 11.1. The average Bonchev–Trinajstić information content (AvgIpc) is 3.10. The van der Waals surface area contributed by atoms with Crippen molar-refractivity contribution in [3.8, 4) is 0 Å². The van der Waals surface area contributed by atoms with E-state index in [-0.39, 0.29) is 11.7 Å². The molecule has 0 aromatic carbocycles. The Hall–Kier alpha value is -0.760. The molecule has 2 nitrogen and oxygen atoms in total. The Kier molecular flexibility index (Phi) is 11.6. The van der Waals surface area contributed by atoms with Crippen LogP contribution in [0, 0.1) is 23.2 Å². The molecular formula is C27H50O2. The molecule has 1 saturated carbocycles. The van der Waals surface area contributed by atoms with Gasteiger partial charge in [-0.2, -0.15) is 0 Å². The second-order valence-corrected chi connectivity index (χ2v) is 11.1. The Morgan fingerprint density at radius 3 is 2.14 bits per heavy atom. The smallest absolute Gasteiger partial charge is 0.200 e. The van der Waals surface area contributed by atoms with E-state index in [1.165, 1.54) is 44.1 Å². The minimum Gasteiger partial charge on any atom is -0.465 e. The topological polar surface area (TPSA) is 18.5 Å². The molecule has 0 saturated heterocycles. The molecule has 0 radical (unpaired) electrons. The summed E-state index contributed by atoms with van der Waals surface area (Å²) in [5, 5.41) is 0. The summed E-state index contributed by atoms with van der Waals surface area (Å²) >= 11 is 0. The van der Waals surface area contributed by atoms with E-state index in [2.05, 4.69) is 74.5 Å². The van der Waals surface area contributed by atoms with Crippen LogP contribution < -0.4 is 0 Å². The van der Waals surface area contributed by atoms with Crippen LogP contribution >= 0.6 is 0 Å². The van der Waals surface area contributed by atoms with Crippen molar-refractivity contribution in [2.45, 2.75) is 126 Å². The van der Waals surface area contributed by atoms with Gasteiger partial charge in [0.1, 0.15) is 5.76 Å². The highest BCUT2D eigenvalue weighted by atomic mass is 16.7. The zero-order valence-electron chi connectivity index (χ0n) is 21.0. The van der Waals surface area contributed by atoms with Crippen molar-refractivity contribution in [2.24, 2.45) is 23.2 Å². The fourth-order valence-electron chi connectivity index (χ4n) is 3.84. The van der Waals surface area contributed by atoms with E-state index in [1.54, 1.807) is 0 Å². The Bertz CT molecular complexity index is 501. The lowest BCUT2D eigenvalue weighted by Crippen LogP contribution is -2.27. The van der Waals surface area contributed by atoms with E-state index in [0.29, 0.717) is 17.9 Å². The molecule has 0 heterocycles. The summed E-state index contributed by atoms with van der Waals surface area (Å²) in [7, 11) is 0. The molecule has 170 valence electrons. The molecule has 0 aromatic rings. The summed E-state index contributed by atoms with van der Waals surface area (Å²) in [6, 6.07) is 0. The molecule has 0 amide bonds. The van der Waals surface area contributed by atoms with Crippen LogP contribution in [0.1, 0.15) is 114 Å². The lowest BCUT2D eigenvalue weighted by atomic mass is 9.88. The van der Waals surface area contributed by atoms with E-state index in [0.717, 1.165) is 24.5 Å². The molecule has 0 aromatic heterocycles. The molecule has 1 aliphatic rings. The van der Waals surface area contributed by atoms with E-state index >= 15 is 0 Å². The predicted molar refractivity (Wildman–Crippen MR) is 127 cm³/mol. The minimum atomic E-state index is -0.160. The summed E-state index contributed by atoms with van der Waals surface area (Å²) in [5.74, 6) is 3.02. The molecular weight excluding hydrogens is 356 g/mol. The lowest BCUT2D eigenvalue weighted by Gasteiger charge is -2.30. The first-order valence-electron chi connectivity index (χ1n) is 12.2. The maximum absolute atomic E-state index is 6.57. The van der Waals surface area contributed by atoms with Gasteiger partial charge in [-0.3, -0.25) is 0 Å². The molecule has 1 rings (SSSR count). The number of hydrogen-bond donors (Lipinski definition) is 0. The molecule has 1 aliphatic carbocycles. The molecule has 0 aliphatic heterocycles. The van der Waals surface area contributed by atoms with Crippen molar-refractivity contribution in [1.82, 2.24) is 0 Å². The number of allylic oxidation sites excluding steroid dienone is 3. The maximum Gasteiger partial charge on any atom is 0.200 e. The van der Waals surface area contributed by atoms with Gasteiger partial charge in [-0.25, -0.2) is 0 Å². The zero-order chi connectivity index (χ0) is 22.0. The van der Waals surface area contributed by atoms with Crippen LogP contribution in [0.5, 0.6) is 0 Å². The van der Waals surface area contributed by atoms with Gasteiger partial charge < -0.3 is 9.47 Å². The van der Waals surface area contributed by atoms with Gasteiger partial charge in [0.15, 0.2) is 0 Å². The van der Waals surface area contributed by atoms with Gasteiger partial charge in [0.2, 0.25) is 6.29 Å². The summed E-state index contributed by atoms with van der Waals surface area (Å²) in [6.45, 7) is 20.5. The van der Waals surface area contributed by atoms with Crippen molar-refractivity contribution in [2.75, 3.05) is 0 Å². The molecule has 0 N–H and O–H groups in total. The molecule has 2 heteroatoms. The Morgan fingerprint density at radius 2 is 1.66 bits per heavy atom. The SMILES string of the molecule is CCC(C)=C(C=CC(CCC(C)C)C(C)C)OC(CC(C)(C)C)OC1CCCC1. The highest BCUT2D eigenvalue weighted by Gasteiger charge is 2.26. The third-order valence-electron chi connectivity index (χ3n) is 6.06. The van der Waals surface area contributed by atoms with Gasteiger partial charge in [0.05, 0.1) is 6.10 Å². The first kappa shape index (κ1) is 26.3. The number of ether oxygens (including phenoxy) is 2. The highest BCUT2D eigenvalue weighted by molar-refractivity contribution is 5.19. The van der Waals surface area contributed by atoms with Gasteiger partial charge in [-0.05, 0) is 67.4 Å².